The van der Waals surface area contributed by atoms with Crippen LogP contribution < -0.4 is 10.6 Å². The fourth-order valence-electron chi connectivity index (χ4n) is 4.39. The van der Waals surface area contributed by atoms with E-state index in [0.29, 0.717) is 18.2 Å². The second kappa shape index (κ2) is 10.9. The van der Waals surface area contributed by atoms with E-state index < -0.39 is 0 Å². The van der Waals surface area contributed by atoms with Crippen LogP contribution in [0.25, 0.3) is 0 Å². The van der Waals surface area contributed by atoms with Gasteiger partial charge in [-0.25, -0.2) is 0 Å². The lowest BCUT2D eigenvalue weighted by Gasteiger charge is -2.33. The van der Waals surface area contributed by atoms with Crippen LogP contribution in [0.15, 0.2) is 4.99 Å². The third kappa shape index (κ3) is 6.24. The quantitative estimate of drug-likeness (QED) is 0.263. The number of hydrogen-bond donors (Lipinski definition) is 2. The van der Waals surface area contributed by atoms with Gasteiger partial charge in [-0.1, -0.05) is 6.42 Å². The van der Waals surface area contributed by atoms with E-state index in [2.05, 4.69) is 29.4 Å². The number of guanidine groups is 1. The molecule has 25 heavy (non-hydrogen) atoms. The number of unbranched alkanes of at least 4 members (excludes halogenated alkanes) is 1. The van der Waals surface area contributed by atoms with Crippen LogP contribution in [-0.4, -0.2) is 61.3 Å². The van der Waals surface area contributed by atoms with Crippen molar-refractivity contribution in [2.24, 2.45) is 4.99 Å². The Labute approximate surface area is 170 Å². The van der Waals surface area contributed by atoms with Gasteiger partial charge in [0.25, 0.3) is 0 Å². The zero-order chi connectivity index (χ0) is 16.8. The first-order valence-electron chi connectivity index (χ1n) is 10.2. The Morgan fingerprint density at radius 3 is 2.76 bits per heavy atom. The van der Waals surface area contributed by atoms with E-state index in [0.717, 1.165) is 31.5 Å². The lowest BCUT2D eigenvalue weighted by molar-refractivity contribution is 0.0992. The van der Waals surface area contributed by atoms with Crippen LogP contribution in [0, 0.1) is 0 Å². The molecule has 146 valence electrons. The van der Waals surface area contributed by atoms with Gasteiger partial charge in [0.2, 0.25) is 0 Å². The van der Waals surface area contributed by atoms with Crippen LogP contribution in [-0.2, 0) is 4.74 Å². The average molecular weight is 464 g/mol. The molecule has 3 fully saturated rings. The Bertz CT molecular complexity index is 420. The van der Waals surface area contributed by atoms with Crippen molar-refractivity contribution in [2.45, 2.75) is 89.5 Å². The molecule has 2 N–H and O–H groups in total. The van der Waals surface area contributed by atoms with Crippen LogP contribution in [0.1, 0.15) is 65.2 Å². The van der Waals surface area contributed by atoms with E-state index in [9.17, 15) is 0 Å². The number of rotatable bonds is 7. The number of hydrogen-bond acceptors (Lipinski definition) is 3. The van der Waals surface area contributed by atoms with Gasteiger partial charge in [-0.3, -0.25) is 4.99 Å². The highest BCUT2D eigenvalue weighted by molar-refractivity contribution is 14.0. The third-order valence-electron chi connectivity index (χ3n) is 5.84. The predicted octanol–water partition coefficient (Wildman–Crippen LogP) is 3.13. The summed E-state index contributed by atoms with van der Waals surface area (Å²) in [6, 6.07) is 1.23. The molecule has 3 aliphatic rings. The van der Waals surface area contributed by atoms with Crippen LogP contribution in [0.5, 0.6) is 0 Å². The molecule has 3 rings (SSSR count). The Balaban J connectivity index is 0.00000225. The molecule has 0 aromatic carbocycles. The molecule has 6 heteroatoms. The van der Waals surface area contributed by atoms with Crippen molar-refractivity contribution < 1.29 is 4.74 Å². The first-order valence-corrected chi connectivity index (χ1v) is 10.2. The molecule has 0 radical (unpaired) electrons. The SMILES string of the molecule is CCNC(=NCCCCN1CCCCC1C)NC1CC2CCC1O2.I. The molecule has 4 atom stereocenters. The number of likely N-dealkylation sites (tertiary alicyclic amines) is 1. The maximum Gasteiger partial charge on any atom is 0.191 e. The van der Waals surface area contributed by atoms with Gasteiger partial charge in [0.05, 0.1) is 18.2 Å². The maximum absolute atomic E-state index is 5.93. The molecule has 0 aromatic heterocycles. The number of nitrogens with zero attached hydrogens (tertiary/aromatic N) is 2. The highest BCUT2D eigenvalue weighted by Crippen LogP contribution is 2.34. The summed E-state index contributed by atoms with van der Waals surface area (Å²) in [5.74, 6) is 0.977. The first kappa shape index (κ1) is 21.2. The molecule has 3 aliphatic heterocycles. The van der Waals surface area contributed by atoms with Gasteiger partial charge in [-0.05, 0) is 71.9 Å². The minimum absolute atomic E-state index is 0. The molecule has 3 heterocycles. The number of fused-ring (bicyclic) bond motifs is 2. The topological polar surface area (TPSA) is 48.9 Å². The Hall–Kier alpha value is -0.0800. The number of ether oxygens (including phenoxy) is 1. The van der Waals surface area contributed by atoms with E-state index in [1.807, 2.05) is 0 Å². The van der Waals surface area contributed by atoms with Gasteiger partial charge in [-0.15, -0.1) is 24.0 Å². The van der Waals surface area contributed by atoms with Crippen LogP contribution >= 0.6 is 24.0 Å². The molecule has 0 amide bonds. The summed E-state index contributed by atoms with van der Waals surface area (Å²) in [5.41, 5.74) is 0. The average Bonchev–Trinajstić information content (AvgIpc) is 3.19. The smallest absolute Gasteiger partial charge is 0.191 e. The van der Waals surface area contributed by atoms with Gasteiger partial charge in [0.15, 0.2) is 5.96 Å². The van der Waals surface area contributed by atoms with Gasteiger partial charge in [-0.2, -0.15) is 0 Å². The van der Waals surface area contributed by atoms with Gasteiger partial charge in [0, 0.05) is 19.1 Å². The fourth-order valence-corrected chi connectivity index (χ4v) is 4.39. The normalized spacial score (nSPS) is 32.5. The lowest BCUT2D eigenvalue weighted by Crippen LogP contribution is -2.47. The third-order valence-corrected chi connectivity index (χ3v) is 5.84. The lowest BCUT2D eigenvalue weighted by atomic mass is 9.96. The Kier molecular flexibility index (Phi) is 9.27. The van der Waals surface area contributed by atoms with Crippen molar-refractivity contribution in [3.05, 3.63) is 0 Å². The first-order chi connectivity index (χ1) is 11.8. The molecular formula is C19H37IN4O. The van der Waals surface area contributed by atoms with Crippen molar-refractivity contribution in [3.8, 4) is 0 Å². The summed E-state index contributed by atoms with van der Waals surface area (Å²) in [6.07, 6.45) is 11.1. The standard InChI is InChI=1S/C19H36N4O.HI/c1-3-20-19(22-17-14-16-9-10-18(17)24-16)21-11-5-7-13-23-12-6-4-8-15(23)2;/h15-18H,3-14H2,1-2H3,(H2,20,21,22);1H. The molecule has 2 bridgehead atoms. The largest absolute Gasteiger partial charge is 0.373 e. The Morgan fingerprint density at radius 1 is 1.20 bits per heavy atom. The summed E-state index contributed by atoms with van der Waals surface area (Å²) in [7, 11) is 0. The van der Waals surface area contributed by atoms with E-state index in [1.165, 1.54) is 58.0 Å². The van der Waals surface area contributed by atoms with Crippen LogP contribution in [0.4, 0.5) is 0 Å². The number of halogens is 1. The number of aliphatic imine (C=N–C) groups is 1. The van der Waals surface area contributed by atoms with Crippen molar-refractivity contribution >= 4 is 29.9 Å². The van der Waals surface area contributed by atoms with Gasteiger partial charge < -0.3 is 20.3 Å². The monoisotopic (exact) mass is 464 g/mol. The number of piperidine rings is 1. The minimum atomic E-state index is 0. The highest BCUT2D eigenvalue weighted by Gasteiger charge is 2.41. The van der Waals surface area contributed by atoms with Crippen molar-refractivity contribution in [1.29, 1.82) is 0 Å². The fraction of sp³-hybridized carbons (Fsp3) is 0.947. The molecule has 3 saturated heterocycles. The minimum Gasteiger partial charge on any atom is -0.373 e. The predicted molar refractivity (Wildman–Crippen MR) is 115 cm³/mol. The molecule has 0 aromatic rings. The zero-order valence-corrected chi connectivity index (χ0v) is 18.3. The summed E-state index contributed by atoms with van der Waals surface area (Å²) in [5, 5.41) is 6.99. The second-order valence-electron chi connectivity index (χ2n) is 7.71. The molecule has 0 spiro atoms. The van der Waals surface area contributed by atoms with Crippen molar-refractivity contribution in [2.75, 3.05) is 26.2 Å². The second-order valence-corrected chi connectivity index (χ2v) is 7.71. The Morgan fingerprint density at radius 2 is 2.08 bits per heavy atom. The zero-order valence-electron chi connectivity index (χ0n) is 16.0. The summed E-state index contributed by atoms with van der Waals surface area (Å²) in [4.78, 5) is 7.44. The van der Waals surface area contributed by atoms with E-state index in [1.54, 1.807) is 0 Å². The summed E-state index contributed by atoms with van der Waals surface area (Å²) >= 11 is 0. The highest BCUT2D eigenvalue weighted by atomic mass is 127. The summed E-state index contributed by atoms with van der Waals surface area (Å²) in [6.45, 7) is 8.87. The summed E-state index contributed by atoms with van der Waals surface area (Å²) < 4.78 is 5.93. The van der Waals surface area contributed by atoms with Gasteiger partial charge >= 0.3 is 0 Å². The van der Waals surface area contributed by atoms with Crippen LogP contribution in [0.3, 0.4) is 0 Å². The molecule has 0 saturated carbocycles. The molecular weight excluding hydrogens is 427 g/mol. The van der Waals surface area contributed by atoms with Gasteiger partial charge in [0.1, 0.15) is 0 Å². The van der Waals surface area contributed by atoms with E-state index in [4.69, 9.17) is 9.73 Å². The van der Waals surface area contributed by atoms with Crippen LogP contribution in [0.2, 0.25) is 0 Å². The van der Waals surface area contributed by atoms with Crippen molar-refractivity contribution in [1.82, 2.24) is 15.5 Å². The molecule has 4 unspecified atom stereocenters. The number of nitrogens with one attached hydrogen (secondary N) is 2. The maximum atomic E-state index is 5.93. The van der Waals surface area contributed by atoms with Crippen molar-refractivity contribution in [3.63, 3.8) is 0 Å². The van der Waals surface area contributed by atoms with E-state index >= 15 is 0 Å². The molecule has 5 nitrogen and oxygen atoms in total. The van der Waals surface area contributed by atoms with E-state index in [-0.39, 0.29) is 24.0 Å². The molecule has 0 aliphatic carbocycles.